The van der Waals surface area contributed by atoms with E-state index >= 15 is 0 Å². The second kappa shape index (κ2) is 18.4. The van der Waals surface area contributed by atoms with Crippen LogP contribution < -0.4 is 9.47 Å². The molecule has 0 amide bonds. The smallest absolute Gasteiger partial charge is 0.402 e. The number of fused-ring (bicyclic) bond motifs is 1. The van der Waals surface area contributed by atoms with Crippen molar-refractivity contribution in [2.75, 3.05) is 19.8 Å². The number of carboxylic acid groups (broad SMARTS) is 1. The van der Waals surface area contributed by atoms with Crippen LogP contribution in [-0.2, 0) is 28.5 Å². The Balaban J connectivity index is 1.28. The summed E-state index contributed by atoms with van der Waals surface area (Å²) in [7, 11) is 0. The highest BCUT2D eigenvalue weighted by Crippen LogP contribution is 2.43. The molecule has 3 heterocycles. The molecule has 1 aromatic heterocycles. The summed E-state index contributed by atoms with van der Waals surface area (Å²) >= 11 is 0. The maximum atomic E-state index is 11.8. The van der Waals surface area contributed by atoms with E-state index in [9.17, 15) is 60.7 Å². The number of hydrogen-bond acceptors (Lipinski definition) is 18. The molecule has 316 valence electrons. The van der Waals surface area contributed by atoms with E-state index in [0.717, 1.165) is 29.8 Å². The molecule has 3 aromatic carbocycles. The molecular weight excluding hydrogens is 788 g/mol. The van der Waals surface area contributed by atoms with Crippen LogP contribution in [0.25, 0.3) is 28.4 Å². The summed E-state index contributed by atoms with van der Waals surface area (Å²) in [5, 5.41) is 114. The van der Waals surface area contributed by atoms with Gasteiger partial charge in [-0.3, -0.25) is 9.59 Å². The number of hydrogen-bond donors (Lipinski definition) is 11. The number of rotatable bonds is 14. The van der Waals surface area contributed by atoms with Gasteiger partial charge in [-0.25, -0.2) is 4.42 Å². The minimum Gasteiger partial charge on any atom is -0.508 e. The molecule has 20 heteroatoms. The van der Waals surface area contributed by atoms with Gasteiger partial charge in [0.15, 0.2) is 11.5 Å². The molecule has 20 nitrogen and oxygen atoms in total. The number of carboxylic acids is 1. The molecule has 59 heavy (non-hydrogen) atoms. The lowest BCUT2D eigenvalue weighted by molar-refractivity contribution is -0.279. The fourth-order valence-corrected chi connectivity index (χ4v) is 6.15. The van der Waals surface area contributed by atoms with E-state index in [1.807, 2.05) is 0 Å². The number of aliphatic hydroxyl groups excluding tert-OH is 6. The predicted octanol–water partition coefficient (Wildman–Crippen LogP) is 0.324. The van der Waals surface area contributed by atoms with Gasteiger partial charge in [0.2, 0.25) is 18.3 Å². The van der Waals surface area contributed by atoms with E-state index in [4.69, 9.17) is 37.9 Å². The number of aliphatic carboxylic acids is 1. The van der Waals surface area contributed by atoms with Crippen molar-refractivity contribution in [1.82, 2.24) is 0 Å². The zero-order chi connectivity index (χ0) is 42.5. The van der Waals surface area contributed by atoms with Crippen molar-refractivity contribution in [2.24, 2.45) is 0 Å². The lowest BCUT2D eigenvalue weighted by Gasteiger charge is -2.40. The van der Waals surface area contributed by atoms with Gasteiger partial charge in [0.05, 0.1) is 24.8 Å². The highest BCUT2D eigenvalue weighted by molar-refractivity contribution is 5.90. The molecule has 0 saturated carbocycles. The van der Waals surface area contributed by atoms with Gasteiger partial charge in [-0.2, -0.15) is 0 Å². The normalized spacial score (nSPS) is 27.1. The topological polar surface area (TPSA) is 323 Å². The Bertz CT molecular complexity index is 2140. The molecule has 0 bridgehead atoms. The van der Waals surface area contributed by atoms with Crippen LogP contribution in [0.1, 0.15) is 12.0 Å². The first-order chi connectivity index (χ1) is 28.1. The summed E-state index contributed by atoms with van der Waals surface area (Å²) < 4.78 is 39.9. The third kappa shape index (κ3) is 10.1. The number of phenols is 4. The number of aromatic hydroxyl groups is 4. The molecule has 2 fully saturated rings. The Morgan fingerprint density at radius 1 is 0.678 bits per heavy atom. The maximum Gasteiger partial charge on any atom is 0.402 e. The van der Waals surface area contributed by atoms with Crippen LogP contribution in [0, 0.1) is 0 Å². The standard InChI is InChI=1S/C39H40O20/c40-19-6-3-17(4-7-19)2-1-9-53-15-27-31(47)33(49)36(52)39(58-27)57-26-13-21-24(55-37(26)18-5-8-22(42)23(43)10-18)11-20(41)12-25(21)56-38-35(51)34(50)32(48)28(59-38)16-54-30(46)14-29(44)45/h1-8,10-13,27-28,31-36,38-39,47-52H,9,14-16H2,(H4-,40,41,42,43,44,45)/p+1/b2-1+. The third-order valence-corrected chi connectivity index (χ3v) is 9.26. The molecule has 10 atom stereocenters. The molecule has 10 unspecified atom stereocenters. The van der Waals surface area contributed by atoms with Gasteiger partial charge in [0.25, 0.3) is 0 Å². The van der Waals surface area contributed by atoms with Gasteiger partial charge in [-0.05, 0) is 29.8 Å². The summed E-state index contributed by atoms with van der Waals surface area (Å²) in [6.45, 7) is -0.995. The molecule has 4 aromatic rings. The third-order valence-electron chi connectivity index (χ3n) is 9.26. The molecule has 2 aliphatic rings. The number of aliphatic hydroxyl groups is 6. The van der Waals surface area contributed by atoms with Crippen molar-refractivity contribution in [2.45, 2.75) is 67.8 Å². The van der Waals surface area contributed by atoms with Gasteiger partial charge >= 0.3 is 23.3 Å². The zero-order valence-corrected chi connectivity index (χ0v) is 30.6. The first-order valence-corrected chi connectivity index (χ1v) is 17.9. The predicted molar refractivity (Wildman–Crippen MR) is 197 cm³/mol. The average molecular weight is 830 g/mol. The summed E-state index contributed by atoms with van der Waals surface area (Å²) in [6, 6.07) is 13.4. The van der Waals surface area contributed by atoms with Gasteiger partial charge in [-0.15, -0.1) is 0 Å². The number of benzene rings is 3. The SMILES string of the molecule is O=C(O)CC(=O)OCC1OC(Oc2cc(O)cc3[o+]c(-c4ccc(O)c(O)c4)c(OC4OC(COC/C=C/c5ccc(O)cc5)C(O)C(O)C4O)cc23)C(O)C(O)C1O. The van der Waals surface area contributed by atoms with Crippen LogP contribution in [-0.4, -0.2) is 149 Å². The van der Waals surface area contributed by atoms with Crippen LogP contribution in [0.15, 0.2) is 71.2 Å². The Morgan fingerprint density at radius 2 is 1.31 bits per heavy atom. The average Bonchev–Trinajstić information content (AvgIpc) is 3.19. The van der Waals surface area contributed by atoms with Crippen molar-refractivity contribution in [3.63, 3.8) is 0 Å². The van der Waals surface area contributed by atoms with Gasteiger partial charge in [0, 0.05) is 18.2 Å². The zero-order valence-electron chi connectivity index (χ0n) is 30.6. The van der Waals surface area contributed by atoms with E-state index in [1.54, 1.807) is 24.3 Å². The first kappa shape index (κ1) is 42.8. The van der Waals surface area contributed by atoms with Crippen LogP contribution in [0.5, 0.6) is 34.5 Å². The molecule has 2 aliphatic heterocycles. The molecule has 2 saturated heterocycles. The molecule has 0 spiro atoms. The van der Waals surface area contributed by atoms with Gasteiger partial charge in [0.1, 0.15) is 84.5 Å². The molecule has 6 rings (SSSR count). The number of esters is 1. The molecule has 0 radical (unpaired) electrons. The highest BCUT2D eigenvalue weighted by Gasteiger charge is 2.47. The summed E-state index contributed by atoms with van der Waals surface area (Å²) in [5.74, 6) is -4.83. The van der Waals surface area contributed by atoms with Crippen molar-refractivity contribution in [1.29, 1.82) is 0 Å². The van der Waals surface area contributed by atoms with E-state index in [1.165, 1.54) is 24.3 Å². The lowest BCUT2D eigenvalue weighted by Crippen LogP contribution is -2.60. The monoisotopic (exact) mass is 829 g/mol. The lowest BCUT2D eigenvalue weighted by atomic mass is 9.99. The van der Waals surface area contributed by atoms with E-state index in [0.29, 0.717) is 0 Å². The fraction of sp³-hybridized carbons (Fsp3) is 0.359. The second-order valence-corrected chi connectivity index (χ2v) is 13.5. The van der Waals surface area contributed by atoms with Crippen molar-refractivity contribution >= 4 is 29.0 Å². The van der Waals surface area contributed by atoms with Gasteiger partial charge < -0.3 is 84.6 Å². The Morgan fingerprint density at radius 3 is 1.93 bits per heavy atom. The van der Waals surface area contributed by atoms with Gasteiger partial charge in [-0.1, -0.05) is 24.3 Å². The van der Waals surface area contributed by atoms with E-state index < -0.39 is 104 Å². The quantitative estimate of drug-likeness (QED) is 0.0268. The Kier molecular flexibility index (Phi) is 13.4. The van der Waals surface area contributed by atoms with Crippen LogP contribution >= 0.6 is 0 Å². The minimum absolute atomic E-state index is 0.0309. The largest absolute Gasteiger partial charge is 0.508 e. The highest BCUT2D eigenvalue weighted by atomic mass is 16.7. The summed E-state index contributed by atoms with van der Waals surface area (Å²) in [4.78, 5) is 22.7. The second-order valence-electron chi connectivity index (χ2n) is 13.5. The first-order valence-electron chi connectivity index (χ1n) is 17.9. The molecule has 11 N–H and O–H groups in total. The fourth-order valence-electron chi connectivity index (χ4n) is 6.15. The summed E-state index contributed by atoms with van der Waals surface area (Å²) in [6.07, 6.45) is -15.0. The number of carbonyl (C=O) groups excluding carboxylic acids is 1. The number of phenolic OH excluding ortho intramolecular Hbond substituents is 4. The molecular formula is C39H41O20+. The Hall–Kier alpha value is -5.81. The van der Waals surface area contributed by atoms with Crippen molar-refractivity contribution < 1.29 is 98.6 Å². The van der Waals surface area contributed by atoms with E-state index in [2.05, 4.69) is 0 Å². The number of carbonyl (C=O) groups is 2. The minimum atomic E-state index is -1.94. The van der Waals surface area contributed by atoms with Crippen LogP contribution in [0.4, 0.5) is 0 Å². The number of ether oxygens (including phenoxy) is 6. The van der Waals surface area contributed by atoms with Crippen LogP contribution in [0.3, 0.4) is 0 Å². The summed E-state index contributed by atoms with van der Waals surface area (Å²) in [5.41, 5.74) is 0.722. The Labute approximate surface area is 333 Å². The van der Waals surface area contributed by atoms with Crippen molar-refractivity contribution in [3.8, 4) is 45.8 Å². The van der Waals surface area contributed by atoms with Crippen LogP contribution in [0.2, 0.25) is 0 Å². The van der Waals surface area contributed by atoms with E-state index in [-0.39, 0.29) is 52.8 Å². The molecule has 0 aliphatic carbocycles. The van der Waals surface area contributed by atoms with Crippen molar-refractivity contribution in [3.05, 3.63) is 72.3 Å². The maximum absolute atomic E-state index is 11.8.